The summed E-state index contributed by atoms with van der Waals surface area (Å²) in [5.41, 5.74) is 7.55. The van der Waals surface area contributed by atoms with Crippen LogP contribution in [0.1, 0.15) is 5.69 Å². The largest absolute Gasteiger partial charge is 0.397 e. The van der Waals surface area contributed by atoms with Gasteiger partial charge in [-0.1, -0.05) is 0 Å². The van der Waals surface area contributed by atoms with E-state index in [9.17, 15) is 0 Å². The molecule has 84 valence electrons. The van der Waals surface area contributed by atoms with E-state index in [1.165, 1.54) is 5.69 Å². The van der Waals surface area contributed by atoms with Gasteiger partial charge in [0.25, 0.3) is 0 Å². The summed E-state index contributed by atoms with van der Waals surface area (Å²) in [6.07, 6.45) is 4.69. The Kier molecular flexibility index (Phi) is 3.10. The van der Waals surface area contributed by atoms with Crippen LogP contribution in [0.2, 0.25) is 0 Å². The highest BCUT2D eigenvalue weighted by molar-refractivity contribution is 5.43. The maximum Gasteiger partial charge on any atom is 0.126 e. The lowest BCUT2D eigenvalue weighted by atomic mass is 10.3. The molecule has 0 bridgehead atoms. The standard InChI is InChI=1S/C12H16N4/c1-16-8-2-3-11(16)6-7-14-12-5-4-10(13)9-15-12/h2-5,8-9H,6-7,13H2,1H3,(H,14,15). The molecule has 4 heteroatoms. The average Bonchev–Trinajstić information content (AvgIpc) is 2.68. The minimum absolute atomic E-state index is 0.688. The van der Waals surface area contributed by atoms with Crippen LogP contribution in [0.15, 0.2) is 36.7 Å². The van der Waals surface area contributed by atoms with Crippen molar-refractivity contribution < 1.29 is 0 Å². The second kappa shape index (κ2) is 4.70. The first-order chi connectivity index (χ1) is 7.75. The summed E-state index contributed by atoms with van der Waals surface area (Å²) in [4.78, 5) is 4.18. The first kappa shape index (κ1) is 10.5. The number of nitrogens with two attached hydrogens (primary N) is 1. The fraction of sp³-hybridized carbons (Fsp3) is 0.250. The van der Waals surface area contributed by atoms with Gasteiger partial charge in [0.15, 0.2) is 0 Å². The third-order valence-electron chi connectivity index (χ3n) is 2.52. The van der Waals surface area contributed by atoms with Crippen LogP contribution in [0.25, 0.3) is 0 Å². The Morgan fingerprint density at radius 3 is 2.88 bits per heavy atom. The zero-order chi connectivity index (χ0) is 11.4. The summed E-state index contributed by atoms with van der Waals surface area (Å²) in [5.74, 6) is 0.864. The number of hydrogen-bond donors (Lipinski definition) is 2. The van der Waals surface area contributed by atoms with E-state index in [2.05, 4.69) is 40.2 Å². The van der Waals surface area contributed by atoms with E-state index >= 15 is 0 Å². The van der Waals surface area contributed by atoms with E-state index in [0.29, 0.717) is 5.69 Å². The van der Waals surface area contributed by atoms with Crippen LogP contribution in [0, 0.1) is 0 Å². The van der Waals surface area contributed by atoms with Gasteiger partial charge in [-0.3, -0.25) is 0 Å². The molecule has 0 aliphatic carbocycles. The molecule has 0 saturated heterocycles. The van der Waals surface area contributed by atoms with Crippen molar-refractivity contribution >= 4 is 11.5 Å². The molecule has 0 aliphatic heterocycles. The molecule has 16 heavy (non-hydrogen) atoms. The van der Waals surface area contributed by atoms with Crippen LogP contribution in [-0.2, 0) is 13.5 Å². The number of rotatable bonds is 4. The molecule has 0 fully saturated rings. The number of aromatic nitrogens is 2. The van der Waals surface area contributed by atoms with Gasteiger partial charge in [0.2, 0.25) is 0 Å². The molecule has 0 aromatic carbocycles. The molecule has 0 radical (unpaired) electrons. The van der Waals surface area contributed by atoms with Gasteiger partial charge >= 0.3 is 0 Å². The van der Waals surface area contributed by atoms with Crippen molar-refractivity contribution in [1.29, 1.82) is 0 Å². The van der Waals surface area contributed by atoms with Gasteiger partial charge in [0.1, 0.15) is 5.82 Å². The monoisotopic (exact) mass is 216 g/mol. The minimum atomic E-state index is 0.688. The van der Waals surface area contributed by atoms with E-state index in [1.807, 2.05) is 12.1 Å². The Balaban J connectivity index is 1.84. The van der Waals surface area contributed by atoms with Crippen molar-refractivity contribution in [3.63, 3.8) is 0 Å². The van der Waals surface area contributed by atoms with Crippen molar-refractivity contribution in [2.24, 2.45) is 7.05 Å². The van der Waals surface area contributed by atoms with Gasteiger partial charge in [-0.25, -0.2) is 4.98 Å². The highest BCUT2D eigenvalue weighted by Gasteiger charge is 1.97. The van der Waals surface area contributed by atoms with Gasteiger partial charge in [-0.15, -0.1) is 0 Å². The molecule has 2 aromatic heterocycles. The molecule has 0 spiro atoms. The number of aryl methyl sites for hydroxylation is 1. The Labute approximate surface area is 95.1 Å². The van der Waals surface area contributed by atoms with Gasteiger partial charge in [-0.2, -0.15) is 0 Å². The van der Waals surface area contributed by atoms with Crippen LogP contribution >= 0.6 is 0 Å². The normalized spacial score (nSPS) is 10.3. The Morgan fingerprint density at radius 2 is 2.25 bits per heavy atom. The van der Waals surface area contributed by atoms with Crippen LogP contribution < -0.4 is 11.1 Å². The SMILES string of the molecule is Cn1cccc1CCNc1ccc(N)cn1. The number of nitrogens with zero attached hydrogens (tertiary/aromatic N) is 2. The molecular weight excluding hydrogens is 200 g/mol. The van der Waals surface area contributed by atoms with Crippen molar-refractivity contribution in [3.8, 4) is 0 Å². The van der Waals surface area contributed by atoms with Crippen molar-refractivity contribution in [1.82, 2.24) is 9.55 Å². The Morgan fingerprint density at radius 1 is 1.38 bits per heavy atom. The molecule has 2 heterocycles. The maximum absolute atomic E-state index is 5.56. The second-order valence-electron chi connectivity index (χ2n) is 3.76. The second-order valence-corrected chi connectivity index (χ2v) is 3.76. The molecule has 0 saturated carbocycles. The van der Waals surface area contributed by atoms with E-state index in [0.717, 1.165) is 18.8 Å². The first-order valence-corrected chi connectivity index (χ1v) is 5.31. The molecule has 0 atom stereocenters. The minimum Gasteiger partial charge on any atom is -0.397 e. The third kappa shape index (κ3) is 2.53. The zero-order valence-corrected chi connectivity index (χ0v) is 9.35. The van der Waals surface area contributed by atoms with Crippen LogP contribution in [0.4, 0.5) is 11.5 Å². The number of nitrogens with one attached hydrogen (secondary N) is 1. The Hall–Kier alpha value is -1.97. The number of hydrogen-bond acceptors (Lipinski definition) is 3. The van der Waals surface area contributed by atoms with Crippen LogP contribution in [-0.4, -0.2) is 16.1 Å². The fourth-order valence-electron chi connectivity index (χ4n) is 1.58. The lowest BCUT2D eigenvalue weighted by Crippen LogP contribution is -2.08. The summed E-state index contributed by atoms with van der Waals surface area (Å²) >= 11 is 0. The molecule has 3 N–H and O–H groups in total. The topological polar surface area (TPSA) is 55.9 Å². The predicted octanol–water partition coefficient (Wildman–Crippen LogP) is 1.66. The number of anilines is 2. The molecule has 0 amide bonds. The van der Waals surface area contributed by atoms with Crippen molar-refractivity contribution in [3.05, 3.63) is 42.4 Å². The van der Waals surface area contributed by atoms with E-state index in [4.69, 9.17) is 5.73 Å². The third-order valence-corrected chi connectivity index (χ3v) is 2.52. The van der Waals surface area contributed by atoms with E-state index in [-0.39, 0.29) is 0 Å². The predicted molar refractivity (Wildman–Crippen MR) is 66.3 cm³/mol. The Bertz CT molecular complexity index is 444. The lowest BCUT2D eigenvalue weighted by Gasteiger charge is -2.06. The molecular formula is C12H16N4. The summed E-state index contributed by atoms with van der Waals surface area (Å²) < 4.78 is 2.12. The maximum atomic E-state index is 5.56. The highest BCUT2D eigenvalue weighted by atomic mass is 15.0. The van der Waals surface area contributed by atoms with Gasteiger partial charge in [-0.05, 0) is 24.3 Å². The number of nitrogen functional groups attached to an aromatic ring is 1. The van der Waals surface area contributed by atoms with Crippen molar-refractivity contribution in [2.75, 3.05) is 17.6 Å². The summed E-state index contributed by atoms with van der Waals surface area (Å²) in [7, 11) is 2.05. The van der Waals surface area contributed by atoms with Gasteiger partial charge < -0.3 is 15.6 Å². The molecule has 0 unspecified atom stereocenters. The first-order valence-electron chi connectivity index (χ1n) is 5.31. The van der Waals surface area contributed by atoms with Crippen molar-refractivity contribution in [2.45, 2.75) is 6.42 Å². The molecule has 0 aliphatic rings. The lowest BCUT2D eigenvalue weighted by molar-refractivity contribution is 0.818. The molecule has 4 nitrogen and oxygen atoms in total. The quantitative estimate of drug-likeness (QED) is 0.817. The summed E-state index contributed by atoms with van der Waals surface area (Å²) in [5, 5.41) is 3.26. The molecule has 2 rings (SSSR count). The van der Waals surface area contributed by atoms with Gasteiger partial charge in [0, 0.05) is 31.9 Å². The zero-order valence-electron chi connectivity index (χ0n) is 9.35. The van der Waals surface area contributed by atoms with Crippen LogP contribution in [0.3, 0.4) is 0 Å². The van der Waals surface area contributed by atoms with E-state index < -0.39 is 0 Å². The smallest absolute Gasteiger partial charge is 0.126 e. The summed E-state index contributed by atoms with van der Waals surface area (Å²) in [6, 6.07) is 7.91. The number of pyridine rings is 1. The van der Waals surface area contributed by atoms with Crippen LogP contribution in [0.5, 0.6) is 0 Å². The highest BCUT2D eigenvalue weighted by Crippen LogP contribution is 2.06. The molecule has 2 aromatic rings. The summed E-state index contributed by atoms with van der Waals surface area (Å²) in [6.45, 7) is 0.870. The average molecular weight is 216 g/mol. The van der Waals surface area contributed by atoms with E-state index in [1.54, 1.807) is 6.20 Å². The fourth-order valence-corrected chi connectivity index (χ4v) is 1.58. The van der Waals surface area contributed by atoms with Gasteiger partial charge in [0.05, 0.1) is 11.9 Å².